The molecule has 2 aromatic rings. The van der Waals surface area contributed by atoms with Crippen LogP contribution in [0.1, 0.15) is 42.7 Å². The molecular weight excluding hydrogens is 384 g/mol. The number of nitrogens with one attached hydrogen (secondary N) is 1. The number of anilines is 2. The van der Waals surface area contributed by atoms with Gasteiger partial charge in [-0.25, -0.2) is 9.78 Å². The van der Waals surface area contributed by atoms with Crippen molar-refractivity contribution in [1.29, 1.82) is 0 Å². The largest absolute Gasteiger partial charge is 0.462 e. The monoisotopic (exact) mass is 412 g/mol. The second-order valence-corrected chi connectivity index (χ2v) is 7.64. The number of esters is 1. The van der Waals surface area contributed by atoms with E-state index in [0.29, 0.717) is 35.4 Å². The molecule has 0 saturated carbocycles. The molecule has 0 radical (unpaired) electrons. The van der Waals surface area contributed by atoms with E-state index < -0.39 is 5.97 Å². The number of rotatable bonds is 6. The zero-order chi connectivity index (χ0) is 21.7. The number of aryl methyl sites for hydroxylation is 1. The molecule has 0 spiro atoms. The summed E-state index contributed by atoms with van der Waals surface area (Å²) in [5.74, 6) is 0.443. The summed E-state index contributed by atoms with van der Waals surface area (Å²) in [6.07, 6.45) is 2.06. The van der Waals surface area contributed by atoms with Crippen LogP contribution in [0.25, 0.3) is 0 Å². The predicted octanol–water partition coefficient (Wildman–Crippen LogP) is 2.60. The molecule has 8 heteroatoms. The van der Waals surface area contributed by atoms with Crippen LogP contribution in [0.4, 0.5) is 11.6 Å². The van der Waals surface area contributed by atoms with Crippen molar-refractivity contribution in [1.82, 2.24) is 9.55 Å². The third-order valence-corrected chi connectivity index (χ3v) is 5.16. The highest BCUT2D eigenvalue weighted by Crippen LogP contribution is 2.21. The van der Waals surface area contributed by atoms with Crippen LogP contribution in [0.3, 0.4) is 0 Å². The lowest BCUT2D eigenvalue weighted by molar-refractivity contribution is -0.116. The molecule has 1 aromatic carbocycles. The first-order chi connectivity index (χ1) is 14.4. The molecule has 160 valence electrons. The number of amides is 1. The van der Waals surface area contributed by atoms with Gasteiger partial charge in [0.05, 0.1) is 12.2 Å². The van der Waals surface area contributed by atoms with Gasteiger partial charge in [-0.2, -0.15) is 0 Å². The van der Waals surface area contributed by atoms with Gasteiger partial charge in [0.25, 0.3) is 5.56 Å². The second-order valence-electron chi connectivity index (χ2n) is 7.64. The molecule has 0 unspecified atom stereocenters. The van der Waals surface area contributed by atoms with Gasteiger partial charge < -0.3 is 15.0 Å². The minimum absolute atomic E-state index is 0.132. The highest BCUT2D eigenvalue weighted by Gasteiger charge is 2.21. The molecular formula is C22H28N4O4. The topological polar surface area (TPSA) is 93.5 Å². The smallest absolute Gasteiger partial charge is 0.338 e. The normalized spacial score (nSPS) is 14.4. The Morgan fingerprint density at radius 1 is 1.20 bits per heavy atom. The third kappa shape index (κ3) is 5.25. The summed E-state index contributed by atoms with van der Waals surface area (Å²) in [6, 6.07) is 7.89. The van der Waals surface area contributed by atoms with Crippen LogP contribution in [0, 0.1) is 12.8 Å². The zero-order valence-electron chi connectivity index (χ0n) is 17.7. The number of carbonyl (C=O) groups excluding carboxylic acids is 2. The maximum Gasteiger partial charge on any atom is 0.338 e. The maximum atomic E-state index is 12.6. The van der Waals surface area contributed by atoms with Gasteiger partial charge in [0.1, 0.15) is 6.54 Å². The molecule has 1 aromatic heterocycles. The van der Waals surface area contributed by atoms with Crippen molar-refractivity contribution in [2.75, 3.05) is 29.9 Å². The average Bonchev–Trinajstić information content (AvgIpc) is 2.71. The first-order valence-corrected chi connectivity index (χ1v) is 10.3. The Bertz CT molecular complexity index is 960. The SMILES string of the molecule is CCOC(=O)c1ccc(NC(=O)Cn2c(N3CCC(C)CC3)nc(C)cc2=O)cc1. The molecule has 8 nitrogen and oxygen atoms in total. The van der Waals surface area contributed by atoms with E-state index in [1.165, 1.54) is 10.6 Å². The Hall–Kier alpha value is -3.16. The molecule has 1 amide bonds. The van der Waals surface area contributed by atoms with Gasteiger partial charge in [0, 0.05) is 30.5 Å². The minimum Gasteiger partial charge on any atom is -0.462 e. The number of hydrogen-bond acceptors (Lipinski definition) is 6. The van der Waals surface area contributed by atoms with Gasteiger partial charge in [0.15, 0.2) is 0 Å². The number of ether oxygens (including phenoxy) is 1. The molecule has 0 bridgehead atoms. The first kappa shape index (κ1) is 21.5. The Balaban J connectivity index is 1.73. The summed E-state index contributed by atoms with van der Waals surface area (Å²) < 4.78 is 6.37. The van der Waals surface area contributed by atoms with Gasteiger partial charge in [-0.15, -0.1) is 0 Å². The van der Waals surface area contributed by atoms with Crippen molar-refractivity contribution in [3.63, 3.8) is 0 Å². The summed E-state index contributed by atoms with van der Waals surface area (Å²) in [7, 11) is 0. The van der Waals surface area contributed by atoms with E-state index in [1.54, 1.807) is 38.1 Å². The van der Waals surface area contributed by atoms with Crippen molar-refractivity contribution >= 4 is 23.5 Å². The Labute approximate surface area is 175 Å². The molecule has 1 N–H and O–H groups in total. The summed E-state index contributed by atoms with van der Waals surface area (Å²) in [6.45, 7) is 7.54. The van der Waals surface area contributed by atoms with Crippen molar-refractivity contribution in [3.8, 4) is 0 Å². The van der Waals surface area contributed by atoms with Crippen LogP contribution in [0.15, 0.2) is 35.1 Å². The fraction of sp³-hybridized carbons (Fsp3) is 0.455. The van der Waals surface area contributed by atoms with Crippen LogP contribution in [-0.4, -0.2) is 41.1 Å². The Morgan fingerprint density at radius 2 is 1.87 bits per heavy atom. The van der Waals surface area contributed by atoms with Crippen molar-refractivity contribution in [2.24, 2.45) is 5.92 Å². The molecule has 30 heavy (non-hydrogen) atoms. The first-order valence-electron chi connectivity index (χ1n) is 10.3. The zero-order valence-corrected chi connectivity index (χ0v) is 17.7. The summed E-state index contributed by atoms with van der Waals surface area (Å²) in [5.41, 5.74) is 1.34. The minimum atomic E-state index is -0.409. The van der Waals surface area contributed by atoms with E-state index >= 15 is 0 Å². The van der Waals surface area contributed by atoms with Crippen LogP contribution < -0.4 is 15.8 Å². The number of hydrogen-bond donors (Lipinski definition) is 1. The van der Waals surface area contributed by atoms with Crippen LogP contribution in [0.5, 0.6) is 0 Å². The maximum absolute atomic E-state index is 12.6. The molecule has 1 fully saturated rings. The van der Waals surface area contributed by atoms with Gasteiger partial charge in [-0.05, 0) is 56.9 Å². The Kier molecular flexibility index (Phi) is 6.87. The molecule has 1 aliphatic heterocycles. The molecule has 3 rings (SSSR count). The number of nitrogens with zero attached hydrogens (tertiary/aromatic N) is 3. The van der Waals surface area contributed by atoms with E-state index in [4.69, 9.17) is 4.74 Å². The average molecular weight is 412 g/mol. The number of benzene rings is 1. The standard InChI is InChI=1S/C22H28N4O4/c1-4-30-21(29)17-5-7-18(8-6-17)24-19(27)14-26-20(28)13-16(3)23-22(26)25-11-9-15(2)10-12-25/h5-8,13,15H,4,9-12,14H2,1-3H3,(H,24,27). The van der Waals surface area contributed by atoms with Crippen molar-refractivity contribution in [2.45, 2.75) is 40.2 Å². The molecule has 2 heterocycles. The van der Waals surface area contributed by atoms with Crippen LogP contribution >= 0.6 is 0 Å². The quantitative estimate of drug-likeness (QED) is 0.733. The lowest BCUT2D eigenvalue weighted by atomic mass is 10.00. The van der Waals surface area contributed by atoms with E-state index in [9.17, 15) is 14.4 Å². The molecule has 0 atom stereocenters. The lowest BCUT2D eigenvalue weighted by Crippen LogP contribution is -2.39. The third-order valence-electron chi connectivity index (χ3n) is 5.16. The second kappa shape index (κ2) is 9.56. The molecule has 1 aliphatic rings. The van der Waals surface area contributed by atoms with E-state index in [-0.39, 0.29) is 18.0 Å². The van der Waals surface area contributed by atoms with E-state index in [0.717, 1.165) is 25.9 Å². The van der Waals surface area contributed by atoms with E-state index in [2.05, 4.69) is 22.1 Å². The van der Waals surface area contributed by atoms with Gasteiger partial charge in [-0.1, -0.05) is 6.92 Å². The van der Waals surface area contributed by atoms with E-state index in [1.807, 2.05) is 0 Å². The fourth-order valence-corrected chi connectivity index (χ4v) is 3.45. The van der Waals surface area contributed by atoms with Crippen molar-refractivity contribution < 1.29 is 14.3 Å². The number of piperidine rings is 1. The highest BCUT2D eigenvalue weighted by molar-refractivity contribution is 5.93. The molecule has 0 aliphatic carbocycles. The number of aromatic nitrogens is 2. The van der Waals surface area contributed by atoms with Crippen LogP contribution in [-0.2, 0) is 16.1 Å². The van der Waals surface area contributed by atoms with Gasteiger partial charge in [-0.3, -0.25) is 14.2 Å². The van der Waals surface area contributed by atoms with Crippen LogP contribution in [0.2, 0.25) is 0 Å². The highest BCUT2D eigenvalue weighted by atomic mass is 16.5. The Morgan fingerprint density at radius 3 is 2.50 bits per heavy atom. The summed E-state index contributed by atoms with van der Waals surface area (Å²) in [4.78, 5) is 43.6. The predicted molar refractivity (Wildman–Crippen MR) is 115 cm³/mol. The lowest BCUT2D eigenvalue weighted by Gasteiger charge is -2.32. The number of carbonyl (C=O) groups is 2. The summed E-state index contributed by atoms with van der Waals surface area (Å²) in [5, 5.41) is 2.77. The fourth-order valence-electron chi connectivity index (χ4n) is 3.45. The van der Waals surface area contributed by atoms with Crippen molar-refractivity contribution in [3.05, 3.63) is 51.9 Å². The molecule has 1 saturated heterocycles. The summed E-state index contributed by atoms with van der Waals surface area (Å²) >= 11 is 0. The van der Waals surface area contributed by atoms with Gasteiger partial charge >= 0.3 is 5.97 Å². The van der Waals surface area contributed by atoms with Gasteiger partial charge in [0.2, 0.25) is 11.9 Å².